The molecule has 11 nitrogen and oxygen atoms in total. The summed E-state index contributed by atoms with van der Waals surface area (Å²) in [5, 5.41) is 12.0. The lowest BCUT2D eigenvalue weighted by Gasteiger charge is -2.31. The summed E-state index contributed by atoms with van der Waals surface area (Å²) < 4.78 is 10.9. The number of morpholine rings is 2. The van der Waals surface area contributed by atoms with Crippen molar-refractivity contribution in [3.8, 4) is 17.3 Å². The van der Waals surface area contributed by atoms with Gasteiger partial charge in [0, 0.05) is 37.8 Å². The Morgan fingerprint density at radius 1 is 1.03 bits per heavy atom. The van der Waals surface area contributed by atoms with E-state index in [0.717, 1.165) is 18.9 Å². The van der Waals surface area contributed by atoms with Gasteiger partial charge in [-0.05, 0) is 12.1 Å². The van der Waals surface area contributed by atoms with Crippen molar-refractivity contribution >= 4 is 23.6 Å². The van der Waals surface area contributed by atoms with Crippen LogP contribution in [0, 0.1) is 11.3 Å². The number of nitrogens with one attached hydrogen (secondary N) is 1. The van der Waals surface area contributed by atoms with Gasteiger partial charge in [-0.25, -0.2) is 14.8 Å². The second-order valence-corrected chi connectivity index (χ2v) is 6.80. The number of rotatable bonds is 4. The minimum atomic E-state index is -0.745. The minimum absolute atomic E-state index is 0.140. The lowest BCUT2D eigenvalue weighted by atomic mass is 10.1. The third kappa shape index (κ3) is 4.40. The van der Waals surface area contributed by atoms with Gasteiger partial charge in [0.05, 0.1) is 32.1 Å². The summed E-state index contributed by atoms with van der Waals surface area (Å²) in [5.41, 5.74) is 6.43. The van der Waals surface area contributed by atoms with Crippen molar-refractivity contribution in [2.75, 3.05) is 67.7 Å². The van der Waals surface area contributed by atoms with E-state index >= 15 is 0 Å². The van der Waals surface area contributed by atoms with Crippen LogP contribution in [0.5, 0.6) is 0 Å². The number of hydrogen-bond acceptors (Lipinski definition) is 9. The molecule has 2 aromatic heterocycles. The number of carbonyl (C=O) groups is 1. The maximum absolute atomic E-state index is 11.1. The second-order valence-electron chi connectivity index (χ2n) is 6.80. The van der Waals surface area contributed by atoms with Crippen LogP contribution < -0.4 is 20.9 Å². The number of hydrogen-bond donors (Lipinski definition) is 2. The molecule has 0 unspecified atom stereocenters. The molecule has 0 bridgehead atoms. The molecule has 3 N–H and O–H groups in total. The Labute approximate surface area is 173 Å². The van der Waals surface area contributed by atoms with Gasteiger partial charge in [0.1, 0.15) is 17.7 Å². The summed E-state index contributed by atoms with van der Waals surface area (Å²) in [7, 11) is 0. The SMILES string of the molecule is N#Cc1nc(NC(N)=O)ccc1-c1cc(N2CCOCC2)nc(N2CCOCC2)n1. The summed E-state index contributed by atoms with van der Waals surface area (Å²) in [6.07, 6.45) is 0. The normalized spacial score (nSPS) is 16.8. The average molecular weight is 410 g/mol. The number of pyridine rings is 1. The number of aromatic nitrogens is 3. The zero-order valence-corrected chi connectivity index (χ0v) is 16.4. The summed E-state index contributed by atoms with van der Waals surface area (Å²) in [4.78, 5) is 29.0. The Morgan fingerprint density at radius 3 is 2.33 bits per heavy atom. The van der Waals surface area contributed by atoms with Gasteiger partial charge >= 0.3 is 6.03 Å². The van der Waals surface area contributed by atoms with Crippen molar-refractivity contribution in [2.45, 2.75) is 0 Å². The first-order valence-corrected chi connectivity index (χ1v) is 9.66. The fraction of sp³-hybridized carbons (Fsp3) is 0.421. The van der Waals surface area contributed by atoms with Gasteiger partial charge in [-0.2, -0.15) is 10.2 Å². The number of anilines is 3. The zero-order chi connectivity index (χ0) is 20.9. The van der Waals surface area contributed by atoms with Crippen LogP contribution in [0.4, 0.5) is 22.4 Å². The standard InChI is InChI=1S/C19H22N8O3/c20-12-15-13(1-2-16(22-15)24-18(21)28)14-11-17(26-3-7-29-8-4-26)25-19(23-14)27-5-9-30-10-6-27/h1-2,11H,3-10H2,(H3,21,22,24,28). The first-order valence-electron chi connectivity index (χ1n) is 9.66. The second kappa shape index (κ2) is 8.89. The zero-order valence-electron chi connectivity index (χ0n) is 16.4. The highest BCUT2D eigenvalue weighted by Crippen LogP contribution is 2.28. The molecule has 0 radical (unpaired) electrons. The van der Waals surface area contributed by atoms with E-state index in [9.17, 15) is 10.1 Å². The average Bonchev–Trinajstić information content (AvgIpc) is 2.79. The maximum Gasteiger partial charge on any atom is 0.317 e. The van der Waals surface area contributed by atoms with Crippen molar-refractivity contribution in [3.63, 3.8) is 0 Å². The van der Waals surface area contributed by atoms with Crippen molar-refractivity contribution in [1.29, 1.82) is 5.26 Å². The first-order chi connectivity index (χ1) is 14.6. The molecule has 0 saturated carbocycles. The summed E-state index contributed by atoms with van der Waals surface area (Å²) >= 11 is 0. The van der Waals surface area contributed by atoms with E-state index < -0.39 is 6.03 Å². The third-order valence-corrected chi connectivity index (χ3v) is 4.86. The van der Waals surface area contributed by atoms with Gasteiger partial charge in [-0.3, -0.25) is 5.32 Å². The molecule has 0 aromatic carbocycles. The molecule has 2 aliphatic heterocycles. The molecule has 11 heteroatoms. The van der Waals surface area contributed by atoms with Crippen LogP contribution in [0.25, 0.3) is 11.3 Å². The van der Waals surface area contributed by atoms with E-state index in [1.165, 1.54) is 0 Å². The van der Waals surface area contributed by atoms with Crippen molar-refractivity contribution in [3.05, 3.63) is 23.9 Å². The Bertz CT molecular complexity index is 928. The third-order valence-electron chi connectivity index (χ3n) is 4.86. The molecule has 0 spiro atoms. The number of nitrogens with two attached hydrogens (primary N) is 1. The van der Waals surface area contributed by atoms with E-state index in [2.05, 4.69) is 26.2 Å². The molecule has 2 saturated heterocycles. The van der Waals surface area contributed by atoms with Gasteiger partial charge in [-0.1, -0.05) is 0 Å². The topological polar surface area (TPSA) is 143 Å². The molecule has 156 valence electrons. The van der Waals surface area contributed by atoms with Crippen LogP contribution >= 0.6 is 0 Å². The van der Waals surface area contributed by atoms with E-state index in [4.69, 9.17) is 25.2 Å². The number of nitriles is 1. The van der Waals surface area contributed by atoms with E-state index in [1.807, 2.05) is 6.07 Å². The molecule has 4 rings (SSSR count). The van der Waals surface area contributed by atoms with Gasteiger partial charge in [0.25, 0.3) is 0 Å². The van der Waals surface area contributed by atoms with E-state index in [0.29, 0.717) is 56.7 Å². The monoisotopic (exact) mass is 410 g/mol. The highest BCUT2D eigenvalue weighted by Gasteiger charge is 2.21. The highest BCUT2D eigenvalue weighted by atomic mass is 16.5. The molecule has 4 heterocycles. The quantitative estimate of drug-likeness (QED) is 0.739. The summed E-state index contributed by atoms with van der Waals surface area (Å²) in [6, 6.07) is 6.47. The Morgan fingerprint density at radius 2 is 1.70 bits per heavy atom. The molecular weight excluding hydrogens is 388 g/mol. The number of ether oxygens (including phenoxy) is 2. The largest absolute Gasteiger partial charge is 0.378 e. The number of urea groups is 1. The number of primary amides is 1. The van der Waals surface area contributed by atoms with Crippen LogP contribution in [-0.2, 0) is 9.47 Å². The van der Waals surface area contributed by atoms with Gasteiger partial charge < -0.3 is 25.0 Å². The number of carbonyl (C=O) groups excluding carboxylic acids is 1. The molecular formula is C19H22N8O3. The number of nitrogens with zero attached hydrogens (tertiary/aromatic N) is 6. The fourth-order valence-electron chi connectivity index (χ4n) is 3.37. The van der Waals surface area contributed by atoms with E-state index in [-0.39, 0.29) is 11.5 Å². The predicted molar refractivity (Wildman–Crippen MR) is 109 cm³/mol. The number of amides is 2. The summed E-state index contributed by atoms with van der Waals surface area (Å²) in [6.45, 7) is 5.31. The Kier molecular flexibility index (Phi) is 5.87. The first kappa shape index (κ1) is 19.8. The maximum atomic E-state index is 11.1. The molecule has 2 aromatic rings. The molecule has 2 fully saturated rings. The molecule has 2 aliphatic rings. The van der Waals surface area contributed by atoms with Crippen LogP contribution in [0.3, 0.4) is 0 Å². The lowest BCUT2D eigenvalue weighted by Crippen LogP contribution is -2.39. The highest BCUT2D eigenvalue weighted by molar-refractivity contribution is 5.87. The fourth-order valence-corrected chi connectivity index (χ4v) is 3.37. The van der Waals surface area contributed by atoms with Gasteiger partial charge in [-0.15, -0.1) is 0 Å². The van der Waals surface area contributed by atoms with Crippen molar-refractivity contribution in [2.24, 2.45) is 5.73 Å². The van der Waals surface area contributed by atoms with Crippen LogP contribution in [0.2, 0.25) is 0 Å². The Hall–Kier alpha value is -3.49. The van der Waals surface area contributed by atoms with Gasteiger partial charge in [0.15, 0.2) is 5.69 Å². The predicted octanol–water partition coefficient (Wildman–Crippen LogP) is 0.574. The Balaban J connectivity index is 1.76. The molecule has 30 heavy (non-hydrogen) atoms. The summed E-state index contributed by atoms with van der Waals surface area (Å²) in [5.74, 6) is 1.56. The molecule has 2 amide bonds. The van der Waals surface area contributed by atoms with Gasteiger partial charge in [0.2, 0.25) is 5.95 Å². The van der Waals surface area contributed by atoms with Crippen LogP contribution in [-0.4, -0.2) is 73.6 Å². The van der Waals surface area contributed by atoms with Crippen LogP contribution in [0.1, 0.15) is 5.69 Å². The van der Waals surface area contributed by atoms with Crippen LogP contribution in [0.15, 0.2) is 18.2 Å². The van der Waals surface area contributed by atoms with E-state index in [1.54, 1.807) is 12.1 Å². The molecule has 0 atom stereocenters. The molecule has 0 aliphatic carbocycles. The minimum Gasteiger partial charge on any atom is -0.378 e. The van der Waals surface area contributed by atoms with Crippen molar-refractivity contribution < 1.29 is 14.3 Å². The lowest BCUT2D eigenvalue weighted by molar-refractivity contribution is 0.121. The van der Waals surface area contributed by atoms with Crippen molar-refractivity contribution in [1.82, 2.24) is 15.0 Å². The smallest absolute Gasteiger partial charge is 0.317 e.